The molecule has 0 unspecified atom stereocenters. The maximum atomic E-state index is 12.3. The Kier molecular flexibility index (Phi) is 5.39. The van der Waals surface area contributed by atoms with Gasteiger partial charge in [-0.2, -0.15) is 0 Å². The number of benzene rings is 1. The molecule has 0 bridgehead atoms. The number of methoxy groups -OCH3 is 1. The minimum absolute atomic E-state index is 0.240. The quantitative estimate of drug-likeness (QED) is 0.820. The highest BCUT2D eigenvalue weighted by atomic mass is 16.6. The van der Waals surface area contributed by atoms with Crippen molar-refractivity contribution in [3.8, 4) is 5.88 Å². The van der Waals surface area contributed by atoms with Crippen LogP contribution in [0.25, 0.3) is 11.0 Å². The van der Waals surface area contributed by atoms with E-state index >= 15 is 0 Å². The number of aromatic nitrogens is 2. The summed E-state index contributed by atoms with van der Waals surface area (Å²) in [6.07, 6.45) is 0.697. The van der Waals surface area contributed by atoms with Crippen molar-refractivity contribution in [2.75, 3.05) is 38.7 Å². The van der Waals surface area contributed by atoms with Crippen LogP contribution in [-0.2, 0) is 4.74 Å². The minimum Gasteiger partial charge on any atom is -0.478 e. The Balaban J connectivity index is 1.68. The van der Waals surface area contributed by atoms with Gasteiger partial charge in [0, 0.05) is 26.7 Å². The first-order chi connectivity index (χ1) is 12.8. The third-order valence-corrected chi connectivity index (χ3v) is 4.55. The number of ether oxygens (including phenoxy) is 2. The monoisotopic (exact) mass is 372 g/mol. The second-order valence-corrected chi connectivity index (χ2v) is 8.01. The molecule has 0 radical (unpaired) electrons. The van der Waals surface area contributed by atoms with Gasteiger partial charge in [-0.25, -0.2) is 14.8 Å². The standard InChI is InChI=1S/C20H28N4O3/c1-20(2,3)27-19(25)24-11-10-14(13-24)12-23(4)17-18(26-5)22-16-9-7-6-8-15(16)21-17/h6-9,14H,10-13H2,1-5H3/t14-/m1/s1. The zero-order chi connectivity index (χ0) is 19.6. The summed E-state index contributed by atoms with van der Waals surface area (Å²) in [6, 6.07) is 7.75. The van der Waals surface area contributed by atoms with Gasteiger partial charge in [-0.15, -0.1) is 0 Å². The van der Waals surface area contributed by atoms with E-state index in [1.165, 1.54) is 0 Å². The average Bonchev–Trinajstić information content (AvgIpc) is 3.07. The smallest absolute Gasteiger partial charge is 0.410 e. The van der Waals surface area contributed by atoms with E-state index in [4.69, 9.17) is 14.5 Å². The lowest BCUT2D eigenvalue weighted by atomic mass is 10.1. The van der Waals surface area contributed by atoms with E-state index in [2.05, 4.69) is 9.88 Å². The Morgan fingerprint density at radius 3 is 2.56 bits per heavy atom. The van der Waals surface area contributed by atoms with Crippen molar-refractivity contribution >= 4 is 22.9 Å². The second-order valence-electron chi connectivity index (χ2n) is 8.01. The van der Waals surface area contributed by atoms with E-state index in [0.717, 1.165) is 24.0 Å². The number of nitrogens with zero attached hydrogens (tertiary/aromatic N) is 4. The number of fused-ring (bicyclic) bond motifs is 1. The van der Waals surface area contributed by atoms with Crippen LogP contribution in [0.3, 0.4) is 0 Å². The summed E-state index contributed by atoms with van der Waals surface area (Å²) in [7, 11) is 3.59. The zero-order valence-corrected chi connectivity index (χ0v) is 16.7. The van der Waals surface area contributed by atoms with Crippen LogP contribution < -0.4 is 9.64 Å². The van der Waals surface area contributed by atoms with Gasteiger partial charge in [-0.1, -0.05) is 12.1 Å². The van der Waals surface area contributed by atoms with Gasteiger partial charge < -0.3 is 19.3 Å². The molecule has 0 spiro atoms. The number of carbonyl (C=O) groups is 1. The van der Waals surface area contributed by atoms with Gasteiger partial charge in [0.1, 0.15) is 5.60 Å². The summed E-state index contributed by atoms with van der Waals surface area (Å²) in [5, 5.41) is 0. The zero-order valence-electron chi connectivity index (χ0n) is 16.7. The van der Waals surface area contributed by atoms with Crippen molar-refractivity contribution in [3.05, 3.63) is 24.3 Å². The molecular weight excluding hydrogens is 344 g/mol. The summed E-state index contributed by atoms with van der Waals surface area (Å²) < 4.78 is 10.9. The highest BCUT2D eigenvalue weighted by Crippen LogP contribution is 2.28. The molecule has 1 aliphatic heterocycles. The Bertz CT molecular complexity index is 818. The summed E-state index contributed by atoms with van der Waals surface area (Å²) in [5.41, 5.74) is 1.17. The molecule has 0 saturated carbocycles. The Hall–Kier alpha value is -2.57. The number of hydrogen-bond donors (Lipinski definition) is 0. The molecule has 146 valence electrons. The fraction of sp³-hybridized carbons (Fsp3) is 0.550. The van der Waals surface area contributed by atoms with Gasteiger partial charge in [0.05, 0.1) is 18.1 Å². The van der Waals surface area contributed by atoms with Crippen LogP contribution in [0.15, 0.2) is 24.3 Å². The Morgan fingerprint density at radius 2 is 1.93 bits per heavy atom. The van der Waals surface area contributed by atoms with Crippen LogP contribution in [-0.4, -0.2) is 60.4 Å². The van der Waals surface area contributed by atoms with Crippen LogP contribution in [0.4, 0.5) is 10.6 Å². The van der Waals surface area contributed by atoms with Crippen LogP contribution in [0.1, 0.15) is 27.2 Å². The van der Waals surface area contributed by atoms with E-state index in [1.807, 2.05) is 52.1 Å². The maximum absolute atomic E-state index is 12.3. The number of rotatable bonds is 4. The molecule has 1 amide bonds. The summed E-state index contributed by atoms with van der Waals surface area (Å²) in [5.74, 6) is 1.57. The van der Waals surface area contributed by atoms with Crippen molar-refractivity contribution in [3.63, 3.8) is 0 Å². The SMILES string of the molecule is COc1nc2ccccc2nc1N(C)C[C@H]1CCN(C(=O)OC(C)(C)C)C1. The minimum atomic E-state index is -0.472. The second kappa shape index (κ2) is 7.58. The summed E-state index contributed by atoms with van der Waals surface area (Å²) in [6.45, 7) is 7.82. The van der Waals surface area contributed by atoms with Crippen molar-refractivity contribution in [1.82, 2.24) is 14.9 Å². The molecule has 1 saturated heterocycles. The van der Waals surface area contributed by atoms with Crippen molar-refractivity contribution in [2.45, 2.75) is 32.8 Å². The van der Waals surface area contributed by atoms with E-state index in [1.54, 1.807) is 12.0 Å². The number of carbonyl (C=O) groups excluding carboxylic acids is 1. The molecule has 1 aromatic heterocycles. The lowest BCUT2D eigenvalue weighted by Crippen LogP contribution is -2.36. The van der Waals surface area contributed by atoms with Gasteiger partial charge in [-0.3, -0.25) is 0 Å². The number of likely N-dealkylation sites (tertiary alicyclic amines) is 1. The number of amides is 1. The predicted octanol–water partition coefficient (Wildman–Crippen LogP) is 3.33. The maximum Gasteiger partial charge on any atom is 0.410 e. The van der Waals surface area contributed by atoms with E-state index in [9.17, 15) is 4.79 Å². The fourth-order valence-electron chi connectivity index (χ4n) is 3.31. The van der Waals surface area contributed by atoms with Crippen molar-refractivity contribution < 1.29 is 14.3 Å². The van der Waals surface area contributed by atoms with Gasteiger partial charge in [0.25, 0.3) is 5.88 Å². The molecule has 1 aromatic carbocycles. The fourth-order valence-corrected chi connectivity index (χ4v) is 3.31. The van der Waals surface area contributed by atoms with Crippen LogP contribution in [0.2, 0.25) is 0 Å². The van der Waals surface area contributed by atoms with Crippen LogP contribution in [0.5, 0.6) is 5.88 Å². The Morgan fingerprint density at radius 1 is 1.26 bits per heavy atom. The predicted molar refractivity (Wildman–Crippen MR) is 105 cm³/mol. The van der Waals surface area contributed by atoms with Gasteiger partial charge in [0.2, 0.25) is 0 Å². The molecule has 3 rings (SSSR count). The van der Waals surface area contributed by atoms with Crippen LogP contribution in [0, 0.1) is 5.92 Å². The molecule has 27 heavy (non-hydrogen) atoms. The molecular formula is C20H28N4O3. The normalized spacial score (nSPS) is 17.2. The lowest BCUT2D eigenvalue weighted by molar-refractivity contribution is 0.0288. The molecule has 1 aliphatic rings. The summed E-state index contributed by atoms with van der Waals surface area (Å²) >= 11 is 0. The van der Waals surface area contributed by atoms with Crippen molar-refractivity contribution in [1.29, 1.82) is 0 Å². The third-order valence-electron chi connectivity index (χ3n) is 4.55. The molecule has 7 heteroatoms. The molecule has 1 fully saturated rings. The number of anilines is 1. The highest BCUT2D eigenvalue weighted by molar-refractivity contribution is 5.77. The summed E-state index contributed by atoms with van der Waals surface area (Å²) in [4.78, 5) is 25.4. The molecule has 0 aliphatic carbocycles. The number of hydrogen-bond acceptors (Lipinski definition) is 6. The lowest BCUT2D eigenvalue weighted by Gasteiger charge is -2.25. The largest absolute Gasteiger partial charge is 0.478 e. The molecule has 1 atom stereocenters. The first-order valence-electron chi connectivity index (χ1n) is 9.26. The average molecular weight is 372 g/mol. The van der Waals surface area contributed by atoms with Gasteiger partial charge in [-0.05, 0) is 45.2 Å². The molecule has 2 aromatic rings. The third kappa shape index (κ3) is 4.59. The highest BCUT2D eigenvalue weighted by Gasteiger charge is 2.31. The molecule has 7 nitrogen and oxygen atoms in total. The van der Waals surface area contributed by atoms with Crippen LogP contribution >= 0.6 is 0 Å². The topological polar surface area (TPSA) is 67.8 Å². The van der Waals surface area contributed by atoms with Gasteiger partial charge in [0.15, 0.2) is 5.82 Å². The first kappa shape index (κ1) is 19.2. The van der Waals surface area contributed by atoms with Crippen molar-refractivity contribution in [2.24, 2.45) is 5.92 Å². The van der Waals surface area contributed by atoms with Gasteiger partial charge >= 0.3 is 6.09 Å². The van der Waals surface area contributed by atoms with E-state index in [0.29, 0.717) is 30.7 Å². The molecule has 2 heterocycles. The van der Waals surface area contributed by atoms with E-state index < -0.39 is 5.60 Å². The number of para-hydroxylation sites is 2. The molecule has 0 N–H and O–H groups in total. The first-order valence-corrected chi connectivity index (χ1v) is 9.26. The Labute approximate surface area is 160 Å². The van der Waals surface area contributed by atoms with E-state index in [-0.39, 0.29) is 6.09 Å².